The lowest BCUT2D eigenvalue weighted by atomic mass is 10.2. The van der Waals surface area contributed by atoms with Gasteiger partial charge in [0.1, 0.15) is 4.90 Å². The van der Waals surface area contributed by atoms with Gasteiger partial charge in [-0.25, -0.2) is 13.1 Å². The fraction of sp³-hybridized carbons (Fsp3) is 0.364. The number of nitrogens with zero attached hydrogens (tertiary/aromatic N) is 1. The van der Waals surface area contributed by atoms with E-state index in [1.807, 2.05) is 13.0 Å². The average molecular weight is 352 g/mol. The van der Waals surface area contributed by atoms with E-state index in [0.29, 0.717) is 10.9 Å². The minimum Gasteiger partial charge on any atom is -0.207 e. The van der Waals surface area contributed by atoms with Crippen molar-refractivity contribution in [2.24, 2.45) is 0 Å². The van der Waals surface area contributed by atoms with Gasteiger partial charge in [-0.05, 0) is 24.6 Å². The van der Waals surface area contributed by atoms with Gasteiger partial charge in [-0.2, -0.15) is 5.26 Å². The molecule has 0 saturated carbocycles. The Morgan fingerprint density at radius 1 is 1.56 bits per heavy atom. The lowest BCUT2D eigenvalue weighted by Gasteiger charge is -2.14. The zero-order valence-electron chi connectivity index (χ0n) is 9.65. The molecule has 7 heteroatoms. The van der Waals surface area contributed by atoms with E-state index >= 15 is 0 Å². The highest BCUT2D eigenvalue weighted by molar-refractivity contribution is 9.10. The van der Waals surface area contributed by atoms with Gasteiger partial charge in [0.2, 0.25) is 10.0 Å². The Hall–Kier alpha value is -0.610. The second-order valence-corrected chi connectivity index (χ2v) is 6.67. The van der Waals surface area contributed by atoms with Gasteiger partial charge in [0.15, 0.2) is 0 Å². The molecule has 0 heterocycles. The van der Waals surface area contributed by atoms with Crippen LogP contribution in [-0.2, 0) is 10.0 Å². The van der Waals surface area contributed by atoms with Gasteiger partial charge in [-0.1, -0.05) is 34.5 Å². The van der Waals surface area contributed by atoms with Crippen LogP contribution in [0.25, 0.3) is 0 Å². The molecule has 0 aromatic heterocycles. The van der Waals surface area contributed by atoms with Crippen LogP contribution < -0.4 is 4.72 Å². The maximum atomic E-state index is 12.1. The standard InChI is InChI=1S/C11H12BrClN2O2S/c1-2-9(5-6-14)15-18(16,17)11-4-3-8(12)7-10(11)13/h3-4,7,9,15H,2,5H2,1H3. The van der Waals surface area contributed by atoms with Crippen LogP contribution in [0.1, 0.15) is 19.8 Å². The van der Waals surface area contributed by atoms with E-state index < -0.39 is 16.1 Å². The molecule has 0 saturated heterocycles. The third kappa shape index (κ3) is 3.95. The van der Waals surface area contributed by atoms with Crippen molar-refractivity contribution >= 4 is 37.6 Å². The molecule has 1 aromatic carbocycles. The van der Waals surface area contributed by atoms with Crippen LogP contribution in [0, 0.1) is 11.3 Å². The minimum atomic E-state index is -3.70. The molecule has 0 fully saturated rings. The average Bonchev–Trinajstić information content (AvgIpc) is 2.27. The summed E-state index contributed by atoms with van der Waals surface area (Å²) in [6.45, 7) is 1.81. The van der Waals surface area contributed by atoms with Gasteiger partial charge in [0.05, 0.1) is 17.5 Å². The summed E-state index contributed by atoms with van der Waals surface area (Å²) in [5.74, 6) is 0. The summed E-state index contributed by atoms with van der Waals surface area (Å²) in [5.41, 5.74) is 0. The first-order valence-corrected chi connectivity index (χ1v) is 7.90. The van der Waals surface area contributed by atoms with Gasteiger partial charge >= 0.3 is 0 Å². The molecule has 98 valence electrons. The quantitative estimate of drug-likeness (QED) is 0.886. The van der Waals surface area contributed by atoms with Crippen molar-refractivity contribution in [1.82, 2.24) is 4.72 Å². The summed E-state index contributed by atoms with van der Waals surface area (Å²) >= 11 is 9.11. The molecule has 0 radical (unpaired) electrons. The smallest absolute Gasteiger partial charge is 0.207 e. The maximum Gasteiger partial charge on any atom is 0.242 e. The third-order valence-corrected chi connectivity index (χ3v) is 4.83. The van der Waals surface area contributed by atoms with E-state index in [-0.39, 0.29) is 16.3 Å². The molecule has 0 aliphatic carbocycles. The predicted octanol–water partition coefficient (Wildman–Crippen LogP) is 3.07. The second-order valence-electron chi connectivity index (χ2n) is 3.66. The third-order valence-electron chi connectivity index (χ3n) is 2.34. The summed E-state index contributed by atoms with van der Waals surface area (Å²) < 4.78 is 27.4. The number of sulfonamides is 1. The molecule has 0 bridgehead atoms. The number of hydrogen-bond donors (Lipinski definition) is 1. The van der Waals surface area contributed by atoms with Crippen molar-refractivity contribution in [3.63, 3.8) is 0 Å². The summed E-state index contributed by atoms with van der Waals surface area (Å²) in [5, 5.41) is 8.75. The molecule has 1 unspecified atom stereocenters. The van der Waals surface area contributed by atoms with E-state index in [2.05, 4.69) is 20.7 Å². The zero-order chi connectivity index (χ0) is 13.8. The lowest BCUT2D eigenvalue weighted by Crippen LogP contribution is -2.34. The number of nitriles is 1. The number of hydrogen-bond acceptors (Lipinski definition) is 3. The normalized spacial score (nSPS) is 13.0. The van der Waals surface area contributed by atoms with Gasteiger partial charge in [-0.3, -0.25) is 0 Å². The van der Waals surface area contributed by atoms with Crippen LogP contribution in [-0.4, -0.2) is 14.5 Å². The Kier molecular flexibility index (Phi) is 5.60. The van der Waals surface area contributed by atoms with Crippen LogP contribution >= 0.6 is 27.5 Å². The van der Waals surface area contributed by atoms with Crippen LogP contribution in [0.2, 0.25) is 5.02 Å². The second kappa shape index (κ2) is 6.53. The summed E-state index contributed by atoms with van der Waals surface area (Å²) in [6, 6.07) is 6.09. The molecule has 0 aliphatic rings. The molecule has 0 spiro atoms. The predicted molar refractivity (Wildman–Crippen MR) is 73.8 cm³/mol. The topological polar surface area (TPSA) is 70.0 Å². The number of nitrogens with one attached hydrogen (secondary N) is 1. The number of rotatable bonds is 5. The first-order valence-electron chi connectivity index (χ1n) is 5.25. The summed E-state index contributed by atoms with van der Waals surface area (Å²) in [6.07, 6.45) is 0.671. The molecule has 0 amide bonds. The molecule has 1 aromatic rings. The van der Waals surface area contributed by atoms with Crippen LogP contribution in [0.15, 0.2) is 27.6 Å². The highest BCUT2D eigenvalue weighted by Crippen LogP contribution is 2.25. The van der Waals surface area contributed by atoms with Gasteiger partial charge in [-0.15, -0.1) is 0 Å². The van der Waals surface area contributed by atoms with Gasteiger partial charge in [0.25, 0.3) is 0 Å². The Labute approximate surface area is 120 Å². The summed E-state index contributed by atoms with van der Waals surface area (Å²) in [4.78, 5) is 0.0174. The van der Waals surface area contributed by atoms with E-state index in [1.54, 1.807) is 6.07 Å². The molecule has 1 rings (SSSR count). The molecule has 0 aliphatic heterocycles. The van der Waals surface area contributed by atoms with Crippen molar-refractivity contribution in [2.45, 2.75) is 30.7 Å². The molecule has 1 N–H and O–H groups in total. The Morgan fingerprint density at radius 2 is 2.22 bits per heavy atom. The van der Waals surface area contributed by atoms with Crippen molar-refractivity contribution < 1.29 is 8.42 Å². The van der Waals surface area contributed by atoms with Crippen LogP contribution in [0.5, 0.6) is 0 Å². The van der Waals surface area contributed by atoms with Crippen molar-refractivity contribution in [3.05, 3.63) is 27.7 Å². The van der Waals surface area contributed by atoms with Crippen molar-refractivity contribution in [2.75, 3.05) is 0 Å². The molecule has 1 atom stereocenters. The Morgan fingerprint density at radius 3 is 2.72 bits per heavy atom. The molecular weight excluding hydrogens is 340 g/mol. The van der Waals surface area contributed by atoms with E-state index in [4.69, 9.17) is 16.9 Å². The number of benzene rings is 1. The SMILES string of the molecule is CCC(CC#N)NS(=O)(=O)c1ccc(Br)cc1Cl. The fourth-order valence-corrected chi connectivity index (χ4v) is 3.71. The van der Waals surface area contributed by atoms with Crippen LogP contribution in [0.4, 0.5) is 0 Å². The number of halogens is 2. The minimum absolute atomic E-state index is 0.0174. The van der Waals surface area contributed by atoms with Crippen molar-refractivity contribution in [1.29, 1.82) is 5.26 Å². The van der Waals surface area contributed by atoms with Crippen molar-refractivity contribution in [3.8, 4) is 6.07 Å². The van der Waals surface area contributed by atoms with E-state index in [0.717, 1.165) is 0 Å². The van der Waals surface area contributed by atoms with Gasteiger partial charge in [0, 0.05) is 10.5 Å². The summed E-state index contributed by atoms with van der Waals surface area (Å²) in [7, 11) is -3.70. The lowest BCUT2D eigenvalue weighted by molar-refractivity contribution is 0.543. The first-order chi connectivity index (χ1) is 8.40. The fourth-order valence-electron chi connectivity index (χ4n) is 1.36. The largest absolute Gasteiger partial charge is 0.242 e. The van der Waals surface area contributed by atoms with Crippen LogP contribution in [0.3, 0.4) is 0 Å². The highest BCUT2D eigenvalue weighted by Gasteiger charge is 2.21. The van der Waals surface area contributed by atoms with E-state index in [9.17, 15) is 8.42 Å². The molecular formula is C11H12BrClN2O2S. The van der Waals surface area contributed by atoms with Gasteiger partial charge < -0.3 is 0 Å². The molecule has 18 heavy (non-hydrogen) atoms. The first kappa shape index (κ1) is 15.4. The Bertz CT molecular complexity index is 569. The highest BCUT2D eigenvalue weighted by atomic mass is 79.9. The van der Waals surface area contributed by atoms with E-state index in [1.165, 1.54) is 12.1 Å². The monoisotopic (exact) mass is 350 g/mol. The maximum absolute atomic E-state index is 12.1. The molecule has 4 nitrogen and oxygen atoms in total. The zero-order valence-corrected chi connectivity index (χ0v) is 12.8. The Balaban J connectivity index is 3.03.